The van der Waals surface area contributed by atoms with Crippen molar-refractivity contribution in [3.8, 4) is 0 Å². The van der Waals surface area contributed by atoms with Crippen LogP contribution in [0.2, 0.25) is 0 Å². The van der Waals surface area contributed by atoms with Crippen LogP contribution in [0.4, 0.5) is 19.1 Å². The number of piperazine rings is 1. The molecular weight excluding hydrogens is 245 g/mol. The van der Waals surface area contributed by atoms with Crippen molar-refractivity contribution in [3.05, 3.63) is 18.0 Å². The Morgan fingerprint density at radius 3 is 2.33 bits per heavy atom. The second-order valence-corrected chi connectivity index (χ2v) is 4.55. The van der Waals surface area contributed by atoms with Crippen LogP contribution in [-0.4, -0.2) is 47.6 Å². The van der Waals surface area contributed by atoms with Crippen molar-refractivity contribution in [1.82, 2.24) is 14.9 Å². The Balaban J connectivity index is 2.11. The van der Waals surface area contributed by atoms with Crippen molar-refractivity contribution in [2.24, 2.45) is 0 Å². The summed E-state index contributed by atoms with van der Waals surface area (Å²) >= 11 is 0. The number of nitrogens with zero attached hydrogens (tertiary/aromatic N) is 4. The molecule has 1 aliphatic rings. The summed E-state index contributed by atoms with van der Waals surface area (Å²) < 4.78 is 37.1. The first-order valence-electron chi connectivity index (χ1n) is 5.72. The maximum atomic E-state index is 12.4. The fourth-order valence-corrected chi connectivity index (χ4v) is 1.86. The number of anilines is 1. The van der Waals surface area contributed by atoms with Gasteiger partial charge in [0.15, 0.2) is 0 Å². The van der Waals surface area contributed by atoms with E-state index in [0.29, 0.717) is 12.0 Å². The number of hydrogen-bond acceptors (Lipinski definition) is 4. The maximum Gasteiger partial charge on any atom is 0.419 e. The van der Waals surface area contributed by atoms with E-state index in [1.165, 1.54) is 0 Å². The summed E-state index contributed by atoms with van der Waals surface area (Å²) in [5, 5.41) is 0. The molecule has 100 valence electrons. The zero-order chi connectivity index (χ0) is 13.3. The first-order chi connectivity index (χ1) is 8.38. The van der Waals surface area contributed by atoms with Gasteiger partial charge >= 0.3 is 6.18 Å². The van der Waals surface area contributed by atoms with Crippen molar-refractivity contribution >= 4 is 5.95 Å². The van der Waals surface area contributed by atoms with Crippen LogP contribution < -0.4 is 4.90 Å². The van der Waals surface area contributed by atoms with E-state index in [4.69, 9.17) is 0 Å². The van der Waals surface area contributed by atoms with Gasteiger partial charge in [0, 0.05) is 38.1 Å². The molecule has 18 heavy (non-hydrogen) atoms. The van der Waals surface area contributed by atoms with Crippen LogP contribution in [0.1, 0.15) is 12.5 Å². The quantitative estimate of drug-likeness (QED) is 0.768. The second kappa shape index (κ2) is 4.72. The number of aromatic nitrogens is 2. The molecule has 2 heterocycles. The van der Waals surface area contributed by atoms with Gasteiger partial charge in [0.05, 0.1) is 5.56 Å². The summed E-state index contributed by atoms with van der Waals surface area (Å²) in [4.78, 5) is 11.7. The predicted octanol–water partition coefficient (Wildman–Crippen LogP) is 1.64. The highest BCUT2D eigenvalue weighted by Gasteiger charge is 2.32. The molecule has 0 bridgehead atoms. The minimum Gasteiger partial charge on any atom is -0.338 e. The van der Waals surface area contributed by atoms with Crippen LogP contribution in [0, 0.1) is 0 Å². The van der Waals surface area contributed by atoms with Gasteiger partial charge in [0.2, 0.25) is 5.95 Å². The van der Waals surface area contributed by atoms with E-state index in [1.54, 1.807) is 0 Å². The minimum absolute atomic E-state index is 0.338. The van der Waals surface area contributed by atoms with E-state index in [0.717, 1.165) is 32.0 Å². The first-order valence-corrected chi connectivity index (χ1v) is 5.72. The summed E-state index contributed by atoms with van der Waals surface area (Å²) in [6.45, 7) is 4.37. The number of hydrogen-bond donors (Lipinski definition) is 0. The number of alkyl halides is 3. The number of rotatable bonds is 1. The molecular formula is C11H15F3N4. The standard InChI is InChI=1S/C11H15F3N4/c1-8-7-18(4-3-17(8)2)10-15-5-9(6-16-10)11(12,13)14/h5-6,8H,3-4,7H2,1-2H3. The lowest BCUT2D eigenvalue weighted by molar-refractivity contribution is -0.138. The molecule has 1 saturated heterocycles. The molecule has 1 fully saturated rings. The Bertz CT molecular complexity index is 404. The van der Waals surface area contributed by atoms with Crippen molar-refractivity contribution in [3.63, 3.8) is 0 Å². The van der Waals surface area contributed by atoms with Gasteiger partial charge in [0.25, 0.3) is 0 Å². The van der Waals surface area contributed by atoms with Crippen molar-refractivity contribution in [1.29, 1.82) is 0 Å². The lowest BCUT2D eigenvalue weighted by Crippen LogP contribution is -2.50. The topological polar surface area (TPSA) is 32.3 Å². The van der Waals surface area contributed by atoms with Gasteiger partial charge in [-0.05, 0) is 14.0 Å². The molecule has 1 aromatic heterocycles. The third-order valence-corrected chi connectivity index (χ3v) is 3.21. The summed E-state index contributed by atoms with van der Waals surface area (Å²) in [5.41, 5.74) is -0.812. The van der Waals surface area contributed by atoms with Gasteiger partial charge in [-0.15, -0.1) is 0 Å². The Morgan fingerprint density at radius 2 is 1.83 bits per heavy atom. The highest BCUT2D eigenvalue weighted by atomic mass is 19.4. The van der Waals surface area contributed by atoms with Crippen LogP contribution in [0.3, 0.4) is 0 Å². The molecule has 1 atom stereocenters. The van der Waals surface area contributed by atoms with Gasteiger partial charge in [-0.2, -0.15) is 13.2 Å². The highest BCUT2D eigenvalue weighted by molar-refractivity contribution is 5.31. The Labute approximate surface area is 103 Å². The Morgan fingerprint density at radius 1 is 1.22 bits per heavy atom. The monoisotopic (exact) mass is 260 g/mol. The fraction of sp³-hybridized carbons (Fsp3) is 0.636. The molecule has 1 aromatic rings. The van der Waals surface area contributed by atoms with Gasteiger partial charge in [-0.1, -0.05) is 0 Å². The third-order valence-electron chi connectivity index (χ3n) is 3.21. The minimum atomic E-state index is -4.38. The lowest BCUT2D eigenvalue weighted by Gasteiger charge is -2.37. The third kappa shape index (κ3) is 2.72. The van der Waals surface area contributed by atoms with E-state index in [9.17, 15) is 13.2 Å². The van der Waals surface area contributed by atoms with Crippen molar-refractivity contribution in [2.75, 3.05) is 31.6 Å². The zero-order valence-electron chi connectivity index (χ0n) is 10.3. The van der Waals surface area contributed by atoms with Gasteiger partial charge in [-0.25, -0.2) is 9.97 Å². The van der Waals surface area contributed by atoms with Gasteiger partial charge in [-0.3, -0.25) is 0 Å². The molecule has 0 spiro atoms. The highest BCUT2D eigenvalue weighted by Crippen LogP contribution is 2.28. The molecule has 0 aliphatic carbocycles. The van der Waals surface area contributed by atoms with E-state index in [2.05, 4.69) is 21.8 Å². The first kappa shape index (κ1) is 13.1. The van der Waals surface area contributed by atoms with Crippen LogP contribution in [0.15, 0.2) is 12.4 Å². The second-order valence-electron chi connectivity index (χ2n) is 4.55. The Kier molecular flexibility index (Phi) is 3.43. The van der Waals surface area contributed by atoms with Crippen LogP contribution in [0.5, 0.6) is 0 Å². The SMILES string of the molecule is CC1CN(c2ncc(C(F)(F)F)cn2)CCN1C. The summed E-state index contributed by atoms with van der Waals surface area (Å²) in [7, 11) is 2.02. The molecule has 0 amide bonds. The van der Waals surface area contributed by atoms with E-state index < -0.39 is 11.7 Å². The Hall–Kier alpha value is -1.37. The average Bonchev–Trinajstić information content (AvgIpc) is 2.32. The van der Waals surface area contributed by atoms with Crippen LogP contribution >= 0.6 is 0 Å². The zero-order valence-corrected chi connectivity index (χ0v) is 10.3. The molecule has 0 radical (unpaired) electrons. The van der Waals surface area contributed by atoms with Crippen LogP contribution in [0.25, 0.3) is 0 Å². The molecule has 1 unspecified atom stereocenters. The van der Waals surface area contributed by atoms with Crippen LogP contribution in [-0.2, 0) is 6.18 Å². The molecule has 0 N–H and O–H groups in total. The molecule has 0 aromatic carbocycles. The largest absolute Gasteiger partial charge is 0.419 e. The summed E-state index contributed by atoms with van der Waals surface area (Å²) in [6, 6.07) is 0.338. The average molecular weight is 260 g/mol. The van der Waals surface area contributed by atoms with E-state index in [1.807, 2.05) is 11.9 Å². The number of halogens is 3. The molecule has 0 saturated carbocycles. The molecule has 1 aliphatic heterocycles. The summed E-state index contributed by atoms with van der Waals surface area (Å²) in [5.74, 6) is 0.364. The summed E-state index contributed by atoms with van der Waals surface area (Å²) in [6.07, 6.45) is -2.70. The predicted molar refractivity (Wildman–Crippen MR) is 61.3 cm³/mol. The normalized spacial score (nSPS) is 22.3. The van der Waals surface area contributed by atoms with Crippen molar-refractivity contribution in [2.45, 2.75) is 19.1 Å². The molecule has 2 rings (SSSR count). The van der Waals surface area contributed by atoms with E-state index >= 15 is 0 Å². The number of likely N-dealkylation sites (N-methyl/N-ethyl adjacent to an activating group) is 1. The van der Waals surface area contributed by atoms with E-state index in [-0.39, 0.29) is 0 Å². The molecule has 7 heteroatoms. The van der Waals surface area contributed by atoms with Crippen molar-refractivity contribution < 1.29 is 13.2 Å². The molecule has 4 nitrogen and oxygen atoms in total. The fourth-order valence-electron chi connectivity index (χ4n) is 1.86. The lowest BCUT2D eigenvalue weighted by atomic mass is 10.2. The maximum absolute atomic E-state index is 12.4. The van der Waals surface area contributed by atoms with Gasteiger partial charge in [0.1, 0.15) is 0 Å². The van der Waals surface area contributed by atoms with Gasteiger partial charge < -0.3 is 9.80 Å². The smallest absolute Gasteiger partial charge is 0.338 e.